The minimum Gasteiger partial charge on any atom is -0.366 e. The Morgan fingerprint density at radius 2 is 2.00 bits per heavy atom. The second-order valence-electron chi connectivity index (χ2n) is 4.84. The van der Waals surface area contributed by atoms with Gasteiger partial charge >= 0.3 is 0 Å². The molecule has 3 rings (SSSR count). The first-order chi connectivity index (χ1) is 9.70. The molecule has 0 unspecified atom stereocenters. The number of carbonyl (C=O) groups excluding carboxylic acids is 1. The SMILES string of the molecule is CC(=O)c1ccc(Nc2nncc(NC3CC3)n2)cc1. The summed E-state index contributed by atoms with van der Waals surface area (Å²) in [4.78, 5) is 15.5. The van der Waals surface area contributed by atoms with E-state index in [1.165, 1.54) is 12.8 Å². The first kappa shape index (κ1) is 12.5. The summed E-state index contributed by atoms with van der Waals surface area (Å²) in [6.45, 7) is 1.54. The Bertz CT molecular complexity index is 622. The van der Waals surface area contributed by atoms with E-state index in [0.29, 0.717) is 17.6 Å². The van der Waals surface area contributed by atoms with Gasteiger partial charge in [0.2, 0.25) is 5.95 Å². The first-order valence-electron chi connectivity index (χ1n) is 6.55. The van der Waals surface area contributed by atoms with Crippen molar-refractivity contribution in [3.63, 3.8) is 0 Å². The fourth-order valence-corrected chi connectivity index (χ4v) is 1.78. The molecule has 6 heteroatoms. The number of anilines is 3. The minimum atomic E-state index is 0.0464. The second kappa shape index (κ2) is 5.24. The van der Waals surface area contributed by atoms with Gasteiger partial charge in [0, 0.05) is 17.3 Å². The van der Waals surface area contributed by atoms with Crippen LogP contribution in [0.15, 0.2) is 30.5 Å². The van der Waals surface area contributed by atoms with Crippen molar-refractivity contribution < 1.29 is 4.79 Å². The van der Waals surface area contributed by atoms with Crippen LogP contribution < -0.4 is 10.6 Å². The van der Waals surface area contributed by atoms with Crippen molar-refractivity contribution in [1.29, 1.82) is 0 Å². The average Bonchev–Trinajstić information content (AvgIpc) is 3.24. The third kappa shape index (κ3) is 3.09. The zero-order valence-corrected chi connectivity index (χ0v) is 11.1. The Labute approximate surface area is 116 Å². The largest absolute Gasteiger partial charge is 0.366 e. The quantitative estimate of drug-likeness (QED) is 0.811. The van der Waals surface area contributed by atoms with E-state index in [1.807, 2.05) is 12.1 Å². The van der Waals surface area contributed by atoms with Crippen LogP contribution in [0, 0.1) is 0 Å². The van der Waals surface area contributed by atoms with Gasteiger partial charge in [-0.25, -0.2) is 0 Å². The summed E-state index contributed by atoms with van der Waals surface area (Å²) in [5, 5.41) is 14.2. The van der Waals surface area contributed by atoms with Gasteiger partial charge in [0.05, 0.1) is 6.20 Å². The summed E-state index contributed by atoms with van der Waals surface area (Å²) in [6, 6.07) is 7.70. The van der Waals surface area contributed by atoms with Crippen LogP contribution >= 0.6 is 0 Å². The molecule has 1 fully saturated rings. The fourth-order valence-electron chi connectivity index (χ4n) is 1.78. The normalized spacial score (nSPS) is 13.8. The van der Waals surface area contributed by atoms with Crippen molar-refractivity contribution in [3.8, 4) is 0 Å². The van der Waals surface area contributed by atoms with Gasteiger partial charge in [-0.2, -0.15) is 10.1 Å². The van der Waals surface area contributed by atoms with E-state index < -0.39 is 0 Å². The molecule has 0 bridgehead atoms. The van der Waals surface area contributed by atoms with Crippen LogP contribution in [0.5, 0.6) is 0 Å². The van der Waals surface area contributed by atoms with Crippen LogP contribution in [0.3, 0.4) is 0 Å². The molecule has 0 radical (unpaired) electrons. The van der Waals surface area contributed by atoms with Crippen molar-refractivity contribution in [2.75, 3.05) is 10.6 Å². The van der Waals surface area contributed by atoms with E-state index in [0.717, 1.165) is 11.5 Å². The van der Waals surface area contributed by atoms with Gasteiger partial charge in [0.1, 0.15) is 0 Å². The molecule has 1 saturated carbocycles. The van der Waals surface area contributed by atoms with Crippen molar-refractivity contribution >= 4 is 23.2 Å². The molecule has 1 aliphatic carbocycles. The zero-order valence-electron chi connectivity index (χ0n) is 11.1. The summed E-state index contributed by atoms with van der Waals surface area (Å²) in [5.41, 5.74) is 1.50. The van der Waals surface area contributed by atoms with Crippen LogP contribution in [0.4, 0.5) is 17.5 Å². The first-order valence-corrected chi connectivity index (χ1v) is 6.55. The van der Waals surface area contributed by atoms with Gasteiger partial charge in [-0.1, -0.05) is 0 Å². The van der Waals surface area contributed by atoms with E-state index >= 15 is 0 Å². The maximum atomic E-state index is 11.2. The molecule has 20 heavy (non-hydrogen) atoms. The predicted molar refractivity (Wildman–Crippen MR) is 76.2 cm³/mol. The molecule has 0 aliphatic heterocycles. The number of benzene rings is 1. The van der Waals surface area contributed by atoms with Gasteiger partial charge in [-0.15, -0.1) is 5.10 Å². The van der Waals surface area contributed by atoms with Gasteiger partial charge in [-0.05, 0) is 44.0 Å². The van der Waals surface area contributed by atoms with Crippen LogP contribution in [0.2, 0.25) is 0 Å². The molecule has 2 aromatic rings. The van der Waals surface area contributed by atoms with E-state index in [2.05, 4.69) is 25.8 Å². The summed E-state index contributed by atoms with van der Waals surface area (Å²) < 4.78 is 0. The van der Waals surface area contributed by atoms with Crippen molar-refractivity contribution in [2.45, 2.75) is 25.8 Å². The van der Waals surface area contributed by atoms with Gasteiger partial charge in [-0.3, -0.25) is 4.79 Å². The molecule has 0 saturated heterocycles. The van der Waals surface area contributed by atoms with Gasteiger partial charge in [0.25, 0.3) is 0 Å². The highest BCUT2D eigenvalue weighted by molar-refractivity contribution is 5.94. The Morgan fingerprint density at radius 3 is 2.65 bits per heavy atom. The minimum absolute atomic E-state index is 0.0464. The number of rotatable bonds is 5. The van der Waals surface area contributed by atoms with Crippen molar-refractivity contribution in [2.24, 2.45) is 0 Å². The molecule has 2 N–H and O–H groups in total. The van der Waals surface area contributed by atoms with E-state index in [1.54, 1.807) is 25.3 Å². The lowest BCUT2D eigenvalue weighted by molar-refractivity contribution is 0.101. The predicted octanol–water partition coefficient (Wildman–Crippen LogP) is 2.39. The number of Topliss-reactive ketones (excluding diaryl/α,β-unsaturated/α-hetero) is 1. The van der Waals surface area contributed by atoms with Crippen molar-refractivity contribution in [1.82, 2.24) is 15.2 Å². The van der Waals surface area contributed by atoms with Gasteiger partial charge < -0.3 is 10.6 Å². The number of nitrogens with zero attached hydrogens (tertiary/aromatic N) is 3. The average molecular weight is 269 g/mol. The molecule has 0 amide bonds. The van der Waals surface area contributed by atoms with E-state index in [4.69, 9.17) is 0 Å². The van der Waals surface area contributed by atoms with Gasteiger partial charge in [0.15, 0.2) is 11.6 Å². The summed E-state index contributed by atoms with van der Waals surface area (Å²) in [7, 11) is 0. The number of ketones is 1. The molecule has 1 aliphatic rings. The molecular formula is C14H15N5O. The smallest absolute Gasteiger partial charge is 0.249 e. The third-order valence-electron chi connectivity index (χ3n) is 3.04. The molecule has 1 heterocycles. The zero-order chi connectivity index (χ0) is 13.9. The molecule has 0 atom stereocenters. The lowest BCUT2D eigenvalue weighted by atomic mass is 10.1. The summed E-state index contributed by atoms with van der Waals surface area (Å²) >= 11 is 0. The van der Waals surface area contributed by atoms with E-state index in [9.17, 15) is 4.79 Å². The standard InChI is InChI=1S/C14H15N5O/c1-9(20)10-2-4-12(5-3-10)17-14-18-13(8-15-19-14)16-11-6-7-11/h2-5,8,11H,6-7H2,1H3,(H2,16,17,18,19). The number of aromatic nitrogens is 3. The highest BCUT2D eigenvalue weighted by Crippen LogP contribution is 2.23. The molecule has 6 nitrogen and oxygen atoms in total. The third-order valence-corrected chi connectivity index (χ3v) is 3.04. The summed E-state index contributed by atoms with van der Waals surface area (Å²) in [5.74, 6) is 1.21. The monoisotopic (exact) mass is 269 g/mol. The molecule has 1 aromatic heterocycles. The lowest BCUT2D eigenvalue weighted by Crippen LogP contribution is -2.06. The number of hydrogen-bond acceptors (Lipinski definition) is 6. The Kier molecular flexibility index (Phi) is 3.28. The van der Waals surface area contributed by atoms with Crippen LogP contribution in [-0.4, -0.2) is 27.0 Å². The number of carbonyl (C=O) groups is 1. The molecule has 0 spiro atoms. The molecule has 1 aromatic carbocycles. The lowest BCUT2D eigenvalue weighted by Gasteiger charge is -2.07. The topological polar surface area (TPSA) is 79.8 Å². The maximum absolute atomic E-state index is 11.2. The second-order valence-corrected chi connectivity index (χ2v) is 4.84. The van der Waals surface area contributed by atoms with Crippen LogP contribution in [0.1, 0.15) is 30.1 Å². The highest BCUT2D eigenvalue weighted by Gasteiger charge is 2.21. The van der Waals surface area contributed by atoms with E-state index in [-0.39, 0.29) is 5.78 Å². The number of hydrogen-bond donors (Lipinski definition) is 2. The Morgan fingerprint density at radius 1 is 1.25 bits per heavy atom. The van der Waals surface area contributed by atoms with Crippen LogP contribution in [0.25, 0.3) is 0 Å². The highest BCUT2D eigenvalue weighted by atomic mass is 16.1. The molecule has 102 valence electrons. The Hall–Kier alpha value is -2.50. The van der Waals surface area contributed by atoms with Crippen molar-refractivity contribution in [3.05, 3.63) is 36.0 Å². The fraction of sp³-hybridized carbons (Fsp3) is 0.286. The summed E-state index contributed by atoms with van der Waals surface area (Å²) in [6.07, 6.45) is 3.97. The van der Waals surface area contributed by atoms with Crippen LogP contribution in [-0.2, 0) is 0 Å². The molecular weight excluding hydrogens is 254 g/mol. The number of nitrogens with one attached hydrogen (secondary N) is 2. The maximum Gasteiger partial charge on any atom is 0.249 e. The Balaban J connectivity index is 1.71.